The van der Waals surface area contributed by atoms with Crippen LogP contribution in [0.2, 0.25) is 0 Å². The Bertz CT molecular complexity index is 402. The molecule has 1 atom stereocenters. The van der Waals surface area contributed by atoms with Gasteiger partial charge in [0, 0.05) is 0 Å². The number of nitrogens with zero attached hydrogens (tertiary/aromatic N) is 1. The molecule has 0 fully saturated rings. The van der Waals surface area contributed by atoms with Gasteiger partial charge in [-0.1, -0.05) is 4.40 Å². The minimum atomic E-state index is -2.84. The number of rotatable bonds is 4. The van der Waals surface area contributed by atoms with Gasteiger partial charge in [-0.25, -0.2) is 0 Å². The summed E-state index contributed by atoms with van der Waals surface area (Å²) in [5.74, 6) is 0.0825. The SMILES string of the molecule is CC(C)(C)[S@@+]([O-])/N=C/c1ccc(OC(F)F)cc1. The van der Waals surface area contributed by atoms with Crippen molar-refractivity contribution in [2.45, 2.75) is 32.1 Å². The molecule has 3 nitrogen and oxygen atoms in total. The van der Waals surface area contributed by atoms with Crippen LogP contribution in [0.3, 0.4) is 0 Å². The first-order valence-electron chi connectivity index (χ1n) is 5.30. The molecule has 0 aliphatic rings. The Morgan fingerprint density at radius 2 is 1.83 bits per heavy atom. The average molecular weight is 275 g/mol. The number of benzene rings is 1. The highest BCUT2D eigenvalue weighted by Crippen LogP contribution is 2.18. The Labute approximate surface area is 108 Å². The molecule has 0 aliphatic heterocycles. The Kier molecular flexibility index (Phi) is 5.10. The molecule has 0 aliphatic carbocycles. The highest BCUT2D eigenvalue weighted by Gasteiger charge is 2.25. The van der Waals surface area contributed by atoms with Crippen molar-refractivity contribution >= 4 is 17.6 Å². The standard InChI is InChI=1S/C12H15F2NO2S/c1-12(2,3)18(16)15-8-9-4-6-10(7-5-9)17-11(13)14/h4-8,11H,1-3H3/b15-8+/t18-/m1/s1. The van der Waals surface area contributed by atoms with Crippen LogP contribution in [0.15, 0.2) is 28.7 Å². The number of ether oxygens (including phenoxy) is 1. The van der Waals surface area contributed by atoms with Crippen molar-refractivity contribution in [3.63, 3.8) is 0 Å². The molecular weight excluding hydrogens is 260 g/mol. The maximum Gasteiger partial charge on any atom is 0.387 e. The third-order valence-electron chi connectivity index (χ3n) is 1.93. The van der Waals surface area contributed by atoms with E-state index < -0.39 is 22.7 Å². The van der Waals surface area contributed by atoms with Gasteiger partial charge in [0.25, 0.3) is 0 Å². The van der Waals surface area contributed by atoms with Crippen LogP contribution in [0.4, 0.5) is 8.78 Å². The Hall–Kier alpha value is -1.14. The van der Waals surface area contributed by atoms with Gasteiger partial charge in [0.05, 0.1) is 6.21 Å². The monoisotopic (exact) mass is 275 g/mol. The molecular formula is C12H15F2NO2S. The molecule has 100 valence electrons. The Morgan fingerprint density at radius 3 is 2.28 bits per heavy atom. The first-order chi connectivity index (χ1) is 8.29. The molecule has 0 saturated carbocycles. The van der Waals surface area contributed by atoms with Gasteiger partial charge in [-0.15, -0.1) is 0 Å². The second kappa shape index (κ2) is 6.15. The van der Waals surface area contributed by atoms with Gasteiger partial charge in [-0.3, -0.25) is 0 Å². The molecule has 0 spiro atoms. The lowest BCUT2D eigenvalue weighted by atomic mass is 10.2. The average Bonchev–Trinajstić information content (AvgIpc) is 2.25. The zero-order chi connectivity index (χ0) is 13.8. The van der Waals surface area contributed by atoms with Crippen molar-refractivity contribution in [3.05, 3.63) is 29.8 Å². The molecule has 0 N–H and O–H groups in total. The molecule has 0 unspecified atom stereocenters. The molecule has 1 rings (SSSR count). The first-order valence-corrected chi connectivity index (χ1v) is 6.40. The Balaban J connectivity index is 2.66. The number of halogens is 2. The van der Waals surface area contributed by atoms with Crippen molar-refractivity contribution in [1.29, 1.82) is 0 Å². The fraction of sp³-hybridized carbons (Fsp3) is 0.417. The smallest absolute Gasteiger partial charge is 0.387 e. The van der Waals surface area contributed by atoms with E-state index in [2.05, 4.69) is 9.13 Å². The number of alkyl halides is 2. The summed E-state index contributed by atoms with van der Waals surface area (Å²) < 4.78 is 43.2. The van der Waals surface area contributed by atoms with Crippen molar-refractivity contribution in [1.82, 2.24) is 0 Å². The summed E-state index contributed by atoms with van der Waals surface area (Å²) in [6.45, 7) is 2.62. The second-order valence-electron chi connectivity index (χ2n) is 4.54. The van der Waals surface area contributed by atoms with Gasteiger partial charge >= 0.3 is 6.61 Å². The molecule has 0 amide bonds. The largest absolute Gasteiger partial charge is 0.591 e. The molecule has 1 aromatic rings. The fourth-order valence-corrected chi connectivity index (χ4v) is 1.54. The van der Waals surface area contributed by atoms with E-state index in [1.54, 1.807) is 12.1 Å². The second-order valence-corrected chi connectivity index (χ2v) is 6.48. The maximum absolute atomic E-state index is 11.9. The zero-order valence-electron chi connectivity index (χ0n) is 10.4. The fourth-order valence-electron chi connectivity index (χ4n) is 1.00. The zero-order valence-corrected chi connectivity index (χ0v) is 11.2. The normalized spacial score (nSPS) is 14.2. The highest BCUT2D eigenvalue weighted by molar-refractivity contribution is 7.91. The maximum atomic E-state index is 11.9. The molecule has 18 heavy (non-hydrogen) atoms. The summed E-state index contributed by atoms with van der Waals surface area (Å²) in [6, 6.07) is 5.96. The van der Waals surface area contributed by atoms with Crippen LogP contribution in [0, 0.1) is 0 Å². The van der Waals surface area contributed by atoms with E-state index in [1.807, 2.05) is 20.8 Å². The summed E-state index contributed by atoms with van der Waals surface area (Å²) in [7, 11) is 0. The summed E-state index contributed by atoms with van der Waals surface area (Å²) >= 11 is -1.33. The lowest BCUT2D eigenvalue weighted by Gasteiger charge is -2.17. The third kappa shape index (κ3) is 5.01. The van der Waals surface area contributed by atoms with Crippen LogP contribution in [0.25, 0.3) is 0 Å². The van der Waals surface area contributed by atoms with Gasteiger partial charge in [0.2, 0.25) is 0 Å². The van der Waals surface area contributed by atoms with Crippen molar-refractivity contribution in [2.75, 3.05) is 0 Å². The van der Waals surface area contributed by atoms with Crippen LogP contribution >= 0.6 is 0 Å². The molecule has 0 aromatic heterocycles. The molecule has 0 saturated heterocycles. The van der Waals surface area contributed by atoms with Crippen LogP contribution < -0.4 is 4.74 Å². The van der Waals surface area contributed by atoms with Crippen molar-refractivity contribution < 1.29 is 18.1 Å². The number of hydrogen-bond acceptors (Lipinski definition) is 3. The molecule has 6 heteroatoms. The number of hydrogen-bond donors (Lipinski definition) is 0. The molecule has 1 aromatic carbocycles. The van der Waals surface area contributed by atoms with Gasteiger partial charge < -0.3 is 9.29 Å². The Morgan fingerprint density at radius 1 is 1.28 bits per heavy atom. The van der Waals surface area contributed by atoms with Crippen LogP contribution in [0.5, 0.6) is 5.75 Å². The summed E-state index contributed by atoms with van der Waals surface area (Å²) in [5.41, 5.74) is 0.675. The van der Waals surface area contributed by atoms with E-state index in [4.69, 9.17) is 0 Å². The van der Waals surface area contributed by atoms with Gasteiger partial charge in [-0.2, -0.15) is 8.78 Å². The lowest BCUT2D eigenvalue weighted by Crippen LogP contribution is -2.25. The van der Waals surface area contributed by atoms with Crippen LogP contribution in [-0.2, 0) is 11.4 Å². The third-order valence-corrected chi connectivity index (χ3v) is 3.27. The predicted molar refractivity (Wildman–Crippen MR) is 68.6 cm³/mol. The molecule has 0 radical (unpaired) electrons. The summed E-state index contributed by atoms with van der Waals surface area (Å²) in [5, 5.41) is 0. The minimum absolute atomic E-state index is 0.0825. The topological polar surface area (TPSA) is 44.7 Å². The molecule has 0 bridgehead atoms. The van der Waals surface area contributed by atoms with Gasteiger partial charge in [-0.05, 0) is 50.6 Å². The summed E-state index contributed by atoms with van der Waals surface area (Å²) in [6.07, 6.45) is 1.45. The minimum Gasteiger partial charge on any atom is -0.591 e. The van der Waals surface area contributed by atoms with Crippen LogP contribution in [0.1, 0.15) is 26.3 Å². The lowest BCUT2D eigenvalue weighted by molar-refractivity contribution is -0.0498. The van der Waals surface area contributed by atoms with Gasteiger partial charge in [0.15, 0.2) is 0 Å². The van der Waals surface area contributed by atoms with E-state index in [1.165, 1.54) is 18.3 Å². The predicted octanol–water partition coefficient (Wildman–Crippen LogP) is 3.17. The quantitative estimate of drug-likeness (QED) is 0.626. The summed E-state index contributed by atoms with van der Waals surface area (Å²) in [4.78, 5) is 0. The van der Waals surface area contributed by atoms with E-state index in [-0.39, 0.29) is 5.75 Å². The van der Waals surface area contributed by atoms with Crippen molar-refractivity contribution in [2.24, 2.45) is 4.40 Å². The molecule has 0 heterocycles. The van der Waals surface area contributed by atoms with Crippen LogP contribution in [-0.4, -0.2) is 22.1 Å². The van der Waals surface area contributed by atoms with E-state index in [9.17, 15) is 13.3 Å². The highest BCUT2D eigenvalue weighted by atomic mass is 32.2. The van der Waals surface area contributed by atoms with E-state index in [0.717, 1.165) is 0 Å². The van der Waals surface area contributed by atoms with Crippen molar-refractivity contribution in [3.8, 4) is 5.75 Å². The first kappa shape index (κ1) is 14.9. The van der Waals surface area contributed by atoms with E-state index >= 15 is 0 Å². The van der Waals surface area contributed by atoms with Gasteiger partial charge in [0.1, 0.15) is 21.9 Å². The van der Waals surface area contributed by atoms with E-state index in [0.29, 0.717) is 5.56 Å².